The van der Waals surface area contributed by atoms with Gasteiger partial charge in [-0.2, -0.15) is 0 Å². The second kappa shape index (κ2) is 11.9. The molecule has 0 saturated carbocycles. The molecule has 0 amide bonds. The molecule has 23 heavy (non-hydrogen) atoms. The van der Waals surface area contributed by atoms with E-state index in [1.807, 2.05) is 0 Å². The number of ether oxygens (including phenoxy) is 2. The minimum Gasteiger partial charge on any atom is -0.519 e. The number of carbonyl (C=O) groups is 3. The summed E-state index contributed by atoms with van der Waals surface area (Å²) < 4.78 is 15.2. The number of hydrogen-bond acceptors (Lipinski definition) is 6. The van der Waals surface area contributed by atoms with Crippen LogP contribution in [0, 0.1) is 0 Å². The van der Waals surface area contributed by atoms with Crippen LogP contribution >= 0.6 is 0 Å². The van der Waals surface area contributed by atoms with Crippen LogP contribution in [0.2, 0.25) is 18.1 Å². The summed E-state index contributed by atoms with van der Waals surface area (Å²) in [7, 11) is -1.92. The summed E-state index contributed by atoms with van der Waals surface area (Å²) in [6, 6.07) is 2.75. The number of carbonyl (C=O) groups excluding carboxylic acids is 3. The fourth-order valence-corrected chi connectivity index (χ4v) is 4.54. The molecule has 132 valence electrons. The predicted molar refractivity (Wildman–Crippen MR) is 89.3 cm³/mol. The molecule has 0 saturated heterocycles. The fraction of sp³-hybridized carbons (Fsp3) is 0.688. The minimum atomic E-state index is -1.92. The SMILES string of the molecule is CCOC(=O)/C=C\C(=O)OCCCC(=O)O[Si](CC)(CC)CC. The van der Waals surface area contributed by atoms with E-state index in [1.165, 1.54) is 0 Å². The molecule has 0 spiro atoms. The lowest BCUT2D eigenvalue weighted by atomic mass is 10.3. The highest BCUT2D eigenvalue weighted by molar-refractivity contribution is 6.74. The van der Waals surface area contributed by atoms with Gasteiger partial charge in [0.25, 0.3) is 14.3 Å². The molecule has 0 radical (unpaired) electrons. The first kappa shape index (κ1) is 21.4. The largest absolute Gasteiger partial charge is 0.519 e. The van der Waals surface area contributed by atoms with E-state index in [0.717, 1.165) is 30.3 Å². The van der Waals surface area contributed by atoms with Crippen LogP contribution in [-0.2, 0) is 28.3 Å². The Hall–Kier alpha value is -1.63. The van der Waals surface area contributed by atoms with E-state index in [9.17, 15) is 14.4 Å². The van der Waals surface area contributed by atoms with Gasteiger partial charge in [-0.05, 0) is 31.5 Å². The zero-order chi connectivity index (χ0) is 17.7. The molecule has 0 N–H and O–H groups in total. The normalized spacial score (nSPS) is 11.3. The second-order valence-corrected chi connectivity index (χ2v) is 9.77. The third-order valence-electron chi connectivity index (χ3n) is 3.68. The summed E-state index contributed by atoms with van der Waals surface area (Å²) in [5.41, 5.74) is 0. The Kier molecular flexibility index (Phi) is 11.0. The minimum absolute atomic E-state index is 0.111. The first-order chi connectivity index (χ1) is 10.9. The monoisotopic (exact) mass is 344 g/mol. The van der Waals surface area contributed by atoms with Crippen LogP contribution in [0.15, 0.2) is 12.2 Å². The average molecular weight is 344 g/mol. The highest BCUT2D eigenvalue weighted by atomic mass is 28.4. The number of rotatable bonds is 11. The Labute approximate surface area is 139 Å². The summed E-state index contributed by atoms with van der Waals surface area (Å²) in [4.78, 5) is 34.2. The highest BCUT2D eigenvalue weighted by Crippen LogP contribution is 2.22. The van der Waals surface area contributed by atoms with E-state index in [4.69, 9.17) is 9.16 Å². The lowest BCUT2D eigenvalue weighted by Crippen LogP contribution is -2.38. The summed E-state index contributed by atoms with van der Waals surface area (Å²) in [5.74, 6) is -1.45. The summed E-state index contributed by atoms with van der Waals surface area (Å²) >= 11 is 0. The molecule has 0 fully saturated rings. The molecule has 0 aliphatic carbocycles. The maximum Gasteiger partial charge on any atom is 0.331 e. The molecule has 0 aromatic carbocycles. The summed E-state index contributed by atoms with van der Waals surface area (Å²) in [5, 5.41) is 0. The van der Waals surface area contributed by atoms with Crippen molar-refractivity contribution in [2.45, 2.75) is 58.7 Å². The van der Waals surface area contributed by atoms with Crippen LogP contribution in [0.25, 0.3) is 0 Å². The fourth-order valence-electron chi connectivity index (χ4n) is 2.02. The van der Waals surface area contributed by atoms with Gasteiger partial charge in [0.05, 0.1) is 13.2 Å². The van der Waals surface area contributed by atoms with Crippen LogP contribution in [0.1, 0.15) is 40.5 Å². The number of esters is 2. The van der Waals surface area contributed by atoms with Crippen molar-refractivity contribution >= 4 is 26.2 Å². The third-order valence-corrected chi connectivity index (χ3v) is 8.20. The van der Waals surface area contributed by atoms with Crippen LogP contribution in [0.4, 0.5) is 0 Å². The van der Waals surface area contributed by atoms with E-state index >= 15 is 0 Å². The van der Waals surface area contributed by atoms with Crippen molar-refractivity contribution in [2.24, 2.45) is 0 Å². The van der Waals surface area contributed by atoms with Gasteiger partial charge in [0.2, 0.25) is 0 Å². The quantitative estimate of drug-likeness (QED) is 0.248. The van der Waals surface area contributed by atoms with Crippen LogP contribution in [0.5, 0.6) is 0 Å². The lowest BCUT2D eigenvalue weighted by Gasteiger charge is -2.27. The van der Waals surface area contributed by atoms with Gasteiger partial charge >= 0.3 is 11.9 Å². The molecule has 6 nitrogen and oxygen atoms in total. The molecular formula is C16H28O6Si. The Balaban J connectivity index is 4.01. The standard InChI is InChI=1S/C16H28O6Si/c1-5-20-14(17)11-12-15(18)21-13-9-10-16(19)22-23(6-2,7-3)8-4/h11-12H,5-10,13H2,1-4H3/b12-11-. The molecule has 0 bridgehead atoms. The van der Waals surface area contributed by atoms with Crippen molar-refractivity contribution in [3.05, 3.63) is 12.2 Å². The van der Waals surface area contributed by atoms with Gasteiger partial charge in [0.15, 0.2) is 0 Å². The van der Waals surface area contributed by atoms with Crippen molar-refractivity contribution in [1.29, 1.82) is 0 Å². The zero-order valence-electron chi connectivity index (χ0n) is 14.6. The predicted octanol–water partition coefficient (Wildman–Crippen LogP) is 2.98. The van der Waals surface area contributed by atoms with Gasteiger partial charge in [-0.3, -0.25) is 4.79 Å². The van der Waals surface area contributed by atoms with Crippen molar-refractivity contribution in [1.82, 2.24) is 0 Å². The van der Waals surface area contributed by atoms with Crippen LogP contribution in [-0.4, -0.2) is 39.4 Å². The van der Waals surface area contributed by atoms with E-state index in [1.54, 1.807) is 6.92 Å². The van der Waals surface area contributed by atoms with E-state index < -0.39 is 20.3 Å². The van der Waals surface area contributed by atoms with Crippen LogP contribution < -0.4 is 0 Å². The Morgan fingerprint density at radius 3 is 1.87 bits per heavy atom. The molecule has 0 unspecified atom stereocenters. The molecule has 7 heteroatoms. The van der Waals surface area contributed by atoms with Gasteiger partial charge in [-0.1, -0.05) is 20.8 Å². The second-order valence-electron chi connectivity index (χ2n) is 5.07. The molecule has 0 aromatic heterocycles. The Bertz CT molecular complexity index is 407. The third kappa shape index (κ3) is 9.17. The smallest absolute Gasteiger partial charge is 0.331 e. The van der Waals surface area contributed by atoms with E-state index in [-0.39, 0.29) is 25.6 Å². The number of hydrogen-bond donors (Lipinski definition) is 0. The van der Waals surface area contributed by atoms with Crippen molar-refractivity contribution in [2.75, 3.05) is 13.2 Å². The van der Waals surface area contributed by atoms with Crippen LogP contribution in [0.3, 0.4) is 0 Å². The molecule has 0 heterocycles. The molecule has 0 rings (SSSR count). The van der Waals surface area contributed by atoms with Crippen molar-refractivity contribution in [3.63, 3.8) is 0 Å². The van der Waals surface area contributed by atoms with Gasteiger partial charge in [-0.25, -0.2) is 9.59 Å². The van der Waals surface area contributed by atoms with Gasteiger partial charge in [-0.15, -0.1) is 0 Å². The van der Waals surface area contributed by atoms with Crippen molar-refractivity contribution < 1.29 is 28.3 Å². The Morgan fingerprint density at radius 2 is 1.39 bits per heavy atom. The van der Waals surface area contributed by atoms with Crippen molar-refractivity contribution in [3.8, 4) is 0 Å². The lowest BCUT2D eigenvalue weighted by molar-refractivity contribution is -0.141. The molecule has 0 atom stereocenters. The first-order valence-electron chi connectivity index (χ1n) is 8.16. The summed E-state index contributed by atoms with van der Waals surface area (Å²) in [6.07, 6.45) is 2.66. The van der Waals surface area contributed by atoms with Gasteiger partial charge in [0, 0.05) is 18.6 Å². The average Bonchev–Trinajstić information content (AvgIpc) is 2.55. The molecular weight excluding hydrogens is 316 g/mol. The molecule has 0 aliphatic heterocycles. The Morgan fingerprint density at radius 1 is 0.870 bits per heavy atom. The highest BCUT2D eigenvalue weighted by Gasteiger charge is 2.32. The topological polar surface area (TPSA) is 78.9 Å². The molecule has 0 aliphatic rings. The van der Waals surface area contributed by atoms with Gasteiger partial charge < -0.3 is 13.9 Å². The van der Waals surface area contributed by atoms with Gasteiger partial charge in [0.1, 0.15) is 0 Å². The maximum atomic E-state index is 11.9. The summed E-state index contributed by atoms with van der Waals surface area (Å²) in [6.45, 7) is 8.22. The van der Waals surface area contributed by atoms with E-state index in [2.05, 4.69) is 25.5 Å². The molecule has 0 aromatic rings. The first-order valence-corrected chi connectivity index (χ1v) is 10.7. The maximum absolute atomic E-state index is 11.9. The van der Waals surface area contributed by atoms with E-state index in [0.29, 0.717) is 6.42 Å². The zero-order valence-corrected chi connectivity index (χ0v) is 15.6.